The average Bonchev–Trinajstić information content (AvgIpc) is 2.94. The minimum atomic E-state index is -0.676. The Balaban J connectivity index is 1.04. The third kappa shape index (κ3) is 6.50. The van der Waals surface area contributed by atoms with Crippen LogP contribution in [0.1, 0.15) is 61.1 Å². The number of anilines is 1. The molecule has 0 unspecified atom stereocenters. The molecule has 2 fully saturated rings. The average molecular weight is 549 g/mol. The third-order valence-corrected chi connectivity index (χ3v) is 8.63. The van der Waals surface area contributed by atoms with E-state index >= 15 is 0 Å². The monoisotopic (exact) mass is 548 g/mol. The number of aliphatic hydroxyl groups is 1. The van der Waals surface area contributed by atoms with Gasteiger partial charge >= 0.3 is 0 Å². The van der Waals surface area contributed by atoms with Gasteiger partial charge in [-0.3, -0.25) is 19.3 Å². The van der Waals surface area contributed by atoms with E-state index in [-0.39, 0.29) is 47.2 Å². The Morgan fingerprint density at radius 1 is 1.07 bits per heavy atom. The molecule has 2 aliphatic heterocycles. The van der Waals surface area contributed by atoms with Crippen molar-refractivity contribution in [1.29, 1.82) is 0 Å². The Hall–Kier alpha value is -3.37. The van der Waals surface area contributed by atoms with Crippen molar-refractivity contribution in [1.82, 2.24) is 25.1 Å². The number of hydrogen-bond acceptors (Lipinski definition) is 8. The van der Waals surface area contributed by atoms with Crippen molar-refractivity contribution in [2.45, 2.75) is 64.6 Å². The summed E-state index contributed by atoms with van der Waals surface area (Å²) in [6.45, 7) is 7.10. The molecule has 1 saturated heterocycles. The van der Waals surface area contributed by atoms with Gasteiger partial charge in [0.05, 0.1) is 6.10 Å². The largest absolute Gasteiger partial charge is 0.390 e. The standard InChI is InChI=1S/C30H40N6O4/c1-20(2)27(38)29(40)36-11-8-30(9-12-36)14-23(15-30)34-26-13-25(32-19-33-26)28(39)31-16-24(37)18-35-10-7-21-5-3-4-6-22(21)17-35/h3-6,13,19-20,23-24,37H,7-12,14-18H2,1-2H3,(H,31,39)(H,32,33,34)/t24-/m0/s1. The SMILES string of the molecule is CC(C)C(=O)C(=O)N1CCC2(CC1)CC(Nc1cc(C(=O)NC[C@H](O)CN3CCc4ccccc4C3)ncn1)C2. The van der Waals surface area contributed by atoms with Crippen LogP contribution in [0.4, 0.5) is 5.82 Å². The molecular formula is C30H40N6O4. The van der Waals surface area contributed by atoms with Gasteiger partial charge in [-0.1, -0.05) is 38.1 Å². The van der Waals surface area contributed by atoms with Gasteiger partial charge in [-0.05, 0) is 48.6 Å². The number of aromatic nitrogens is 2. The van der Waals surface area contributed by atoms with E-state index in [1.807, 2.05) is 6.07 Å². The van der Waals surface area contributed by atoms with Crippen LogP contribution in [0.3, 0.4) is 0 Å². The van der Waals surface area contributed by atoms with Crippen molar-refractivity contribution in [3.8, 4) is 0 Å². The topological polar surface area (TPSA) is 128 Å². The van der Waals surface area contributed by atoms with Gasteiger partial charge in [0.25, 0.3) is 11.8 Å². The number of ketones is 1. The molecular weight excluding hydrogens is 508 g/mol. The Kier molecular flexibility index (Phi) is 8.46. The van der Waals surface area contributed by atoms with E-state index in [0.717, 1.165) is 45.2 Å². The molecule has 3 heterocycles. The minimum absolute atomic E-state index is 0.150. The molecule has 5 rings (SSSR count). The first-order valence-corrected chi connectivity index (χ1v) is 14.4. The number of carbonyl (C=O) groups excluding carboxylic acids is 3. The summed E-state index contributed by atoms with van der Waals surface area (Å²) in [6.07, 6.45) is 5.38. The lowest BCUT2D eigenvalue weighted by Crippen LogP contribution is -2.53. The van der Waals surface area contributed by atoms with Gasteiger partial charge in [0.1, 0.15) is 17.8 Å². The summed E-state index contributed by atoms with van der Waals surface area (Å²) in [7, 11) is 0. The van der Waals surface area contributed by atoms with Crippen LogP contribution in [-0.4, -0.2) is 87.3 Å². The van der Waals surface area contributed by atoms with Crippen molar-refractivity contribution in [3.63, 3.8) is 0 Å². The van der Waals surface area contributed by atoms with E-state index < -0.39 is 6.10 Å². The highest BCUT2D eigenvalue weighted by Crippen LogP contribution is 2.50. The molecule has 3 aliphatic rings. The minimum Gasteiger partial charge on any atom is -0.390 e. The highest BCUT2D eigenvalue weighted by molar-refractivity contribution is 6.36. The van der Waals surface area contributed by atoms with Gasteiger partial charge in [0.2, 0.25) is 5.78 Å². The van der Waals surface area contributed by atoms with E-state index in [2.05, 4.69) is 43.7 Å². The molecule has 1 aromatic heterocycles. The van der Waals surface area contributed by atoms with Gasteiger partial charge in [-0.25, -0.2) is 9.97 Å². The van der Waals surface area contributed by atoms with Gasteiger partial charge in [0.15, 0.2) is 0 Å². The predicted octanol–water partition coefficient (Wildman–Crippen LogP) is 2.03. The lowest BCUT2D eigenvalue weighted by Gasteiger charge is -2.52. The fourth-order valence-corrected chi connectivity index (χ4v) is 6.23. The number of carbonyl (C=O) groups is 3. The maximum atomic E-state index is 12.7. The number of β-amino-alcohol motifs (C(OH)–C–C–N with tert-alkyl or cyclic N) is 1. The van der Waals surface area contributed by atoms with E-state index in [4.69, 9.17) is 0 Å². The predicted molar refractivity (Wildman–Crippen MR) is 151 cm³/mol. The van der Waals surface area contributed by atoms with Crippen molar-refractivity contribution >= 4 is 23.4 Å². The van der Waals surface area contributed by atoms with Gasteiger partial charge in [-0.15, -0.1) is 0 Å². The van der Waals surface area contributed by atoms with E-state index in [1.54, 1.807) is 24.8 Å². The summed E-state index contributed by atoms with van der Waals surface area (Å²) in [4.78, 5) is 49.5. The first-order valence-electron chi connectivity index (χ1n) is 14.4. The molecule has 40 heavy (non-hydrogen) atoms. The second-order valence-corrected chi connectivity index (χ2v) is 12.0. The molecule has 1 atom stereocenters. The normalized spacial score (nSPS) is 19.6. The molecule has 0 bridgehead atoms. The Bertz CT molecular complexity index is 1230. The number of nitrogens with one attached hydrogen (secondary N) is 2. The van der Waals surface area contributed by atoms with Crippen LogP contribution < -0.4 is 10.6 Å². The van der Waals surface area contributed by atoms with Crippen LogP contribution in [0.15, 0.2) is 36.7 Å². The number of Topliss-reactive ketones (excluding diaryl/α,β-unsaturated/α-hetero) is 1. The summed E-state index contributed by atoms with van der Waals surface area (Å²) in [6, 6.07) is 10.3. The number of amides is 2. The maximum Gasteiger partial charge on any atom is 0.290 e. The van der Waals surface area contributed by atoms with Crippen LogP contribution in [0, 0.1) is 11.3 Å². The fraction of sp³-hybridized carbons (Fsp3) is 0.567. The molecule has 1 aliphatic carbocycles. The molecule has 0 radical (unpaired) electrons. The van der Waals surface area contributed by atoms with Crippen LogP contribution in [-0.2, 0) is 22.6 Å². The summed E-state index contributed by atoms with van der Waals surface area (Å²) in [5, 5.41) is 16.8. The molecule has 2 aromatic rings. The van der Waals surface area contributed by atoms with Crippen LogP contribution in [0.2, 0.25) is 0 Å². The number of hydrogen-bond donors (Lipinski definition) is 3. The van der Waals surface area contributed by atoms with E-state index in [0.29, 0.717) is 25.5 Å². The molecule has 1 saturated carbocycles. The maximum absolute atomic E-state index is 12.7. The molecule has 3 N–H and O–H groups in total. The molecule has 1 spiro atoms. The zero-order valence-corrected chi connectivity index (χ0v) is 23.4. The summed E-state index contributed by atoms with van der Waals surface area (Å²) in [5.74, 6) is -0.677. The molecule has 2 amide bonds. The molecule has 214 valence electrons. The molecule has 10 heteroatoms. The number of aliphatic hydroxyl groups excluding tert-OH is 1. The fourth-order valence-electron chi connectivity index (χ4n) is 6.23. The quantitative estimate of drug-likeness (QED) is 0.406. The Morgan fingerprint density at radius 2 is 1.80 bits per heavy atom. The van der Waals surface area contributed by atoms with Crippen LogP contribution >= 0.6 is 0 Å². The van der Waals surface area contributed by atoms with Gasteiger partial charge in [0, 0.05) is 57.3 Å². The second kappa shape index (κ2) is 12.0. The zero-order valence-electron chi connectivity index (χ0n) is 23.4. The second-order valence-electron chi connectivity index (χ2n) is 12.0. The van der Waals surface area contributed by atoms with Crippen LogP contribution in [0.5, 0.6) is 0 Å². The van der Waals surface area contributed by atoms with E-state index in [9.17, 15) is 19.5 Å². The highest BCUT2D eigenvalue weighted by Gasteiger charge is 2.47. The first kappa shape index (κ1) is 28.2. The van der Waals surface area contributed by atoms with E-state index in [1.165, 1.54) is 17.5 Å². The number of likely N-dealkylation sites (tertiary alicyclic amines) is 1. The van der Waals surface area contributed by atoms with Crippen molar-refractivity contribution in [2.75, 3.05) is 38.0 Å². The Labute approximate surface area is 235 Å². The lowest BCUT2D eigenvalue weighted by atomic mass is 9.60. The van der Waals surface area contributed by atoms with Crippen molar-refractivity contribution < 1.29 is 19.5 Å². The third-order valence-electron chi connectivity index (χ3n) is 8.63. The first-order chi connectivity index (χ1) is 19.2. The lowest BCUT2D eigenvalue weighted by molar-refractivity contribution is -0.148. The molecule has 1 aromatic carbocycles. The summed E-state index contributed by atoms with van der Waals surface area (Å²) >= 11 is 0. The van der Waals surface area contributed by atoms with Gasteiger partial charge < -0.3 is 20.6 Å². The smallest absolute Gasteiger partial charge is 0.290 e. The summed E-state index contributed by atoms with van der Waals surface area (Å²) < 4.78 is 0. The number of benzene rings is 1. The van der Waals surface area contributed by atoms with Crippen molar-refractivity contribution in [3.05, 3.63) is 53.5 Å². The van der Waals surface area contributed by atoms with Crippen molar-refractivity contribution in [2.24, 2.45) is 11.3 Å². The number of piperidine rings is 1. The highest BCUT2D eigenvalue weighted by atomic mass is 16.3. The summed E-state index contributed by atoms with van der Waals surface area (Å²) in [5.41, 5.74) is 3.10. The Morgan fingerprint density at radius 3 is 2.52 bits per heavy atom. The van der Waals surface area contributed by atoms with Crippen LogP contribution in [0.25, 0.3) is 0 Å². The number of fused-ring (bicyclic) bond motifs is 1. The molecule has 10 nitrogen and oxygen atoms in total. The van der Waals surface area contributed by atoms with Gasteiger partial charge in [-0.2, -0.15) is 0 Å². The number of nitrogens with zero attached hydrogens (tertiary/aromatic N) is 4. The zero-order chi connectivity index (χ0) is 28.3. The number of rotatable bonds is 9.